The summed E-state index contributed by atoms with van der Waals surface area (Å²) in [6, 6.07) is 4.63. The zero-order chi connectivity index (χ0) is 10.7. The average molecular weight is 368 g/mol. The van der Waals surface area contributed by atoms with Crippen molar-refractivity contribution in [3.8, 4) is 6.07 Å². The monoisotopic (exact) mass is 367 g/mol. The van der Waals surface area contributed by atoms with E-state index in [1.165, 1.54) is 12.1 Å². The maximum atomic E-state index is 13.5. The van der Waals surface area contributed by atoms with E-state index in [0.29, 0.717) is 0 Å². The number of carbonyl (C=O) groups excluding carboxylic acids is 1. The Labute approximate surface area is 102 Å². The molecule has 0 amide bonds. The van der Waals surface area contributed by atoms with E-state index in [1.54, 1.807) is 22.6 Å². The van der Waals surface area contributed by atoms with Gasteiger partial charge in [-0.2, -0.15) is 5.26 Å². The fourth-order valence-electron chi connectivity index (χ4n) is 0.923. The van der Waals surface area contributed by atoms with E-state index in [9.17, 15) is 9.18 Å². The van der Waals surface area contributed by atoms with Gasteiger partial charge in [0.1, 0.15) is 11.9 Å². The first-order valence-electron chi connectivity index (χ1n) is 3.59. The van der Waals surface area contributed by atoms with E-state index in [4.69, 9.17) is 5.26 Å². The molecule has 0 heterocycles. The van der Waals surface area contributed by atoms with Crippen LogP contribution >= 0.6 is 38.5 Å². The quantitative estimate of drug-likeness (QED) is 0.458. The van der Waals surface area contributed by atoms with Crippen molar-refractivity contribution in [2.75, 3.05) is 5.33 Å². The van der Waals surface area contributed by atoms with Crippen LogP contribution in [0.1, 0.15) is 15.9 Å². The van der Waals surface area contributed by atoms with Crippen molar-refractivity contribution in [2.24, 2.45) is 0 Å². The maximum absolute atomic E-state index is 13.5. The summed E-state index contributed by atoms with van der Waals surface area (Å²) in [5.74, 6) is -0.945. The molecule has 0 fully saturated rings. The lowest BCUT2D eigenvalue weighted by atomic mass is 10.1. The van der Waals surface area contributed by atoms with Gasteiger partial charge in [-0.3, -0.25) is 4.79 Å². The first-order chi connectivity index (χ1) is 6.61. The Kier molecular flexibility index (Phi) is 4.01. The van der Waals surface area contributed by atoms with Crippen LogP contribution in [0.2, 0.25) is 0 Å². The number of benzene rings is 1. The molecule has 0 unspecified atom stereocenters. The molecule has 5 heteroatoms. The minimum atomic E-state index is -0.617. The second-order valence-corrected chi connectivity index (χ2v) is 4.10. The van der Waals surface area contributed by atoms with Crippen LogP contribution in [0.15, 0.2) is 12.1 Å². The Morgan fingerprint density at radius 2 is 2.29 bits per heavy atom. The number of hydrogen-bond acceptors (Lipinski definition) is 2. The number of nitriles is 1. The molecule has 0 atom stereocenters. The molecule has 0 aliphatic rings. The Morgan fingerprint density at radius 1 is 1.64 bits per heavy atom. The highest BCUT2D eigenvalue weighted by Gasteiger charge is 2.15. The summed E-state index contributed by atoms with van der Waals surface area (Å²) in [5.41, 5.74) is 0.263. The lowest BCUT2D eigenvalue weighted by Crippen LogP contribution is -2.05. The molecule has 2 nitrogen and oxygen atoms in total. The number of carbonyl (C=O) groups is 1. The molecule has 0 aliphatic heterocycles. The summed E-state index contributed by atoms with van der Waals surface area (Å²) < 4.78 is 13.7. The normalized spacial score (nSPS) is 9.57. The molecule has 0 saturated carbocycles. The van der Waals surface area contributed by atoms with Gasteiger partial charge in [-0.15, -0.1) is 0 Å². The van der Waals surface area contributed by atoms with Gasteiger partial charge in [0, 0.05) is 0 Å². The maximum Gasteiger partial charge on any atom is 0.176 e. The van der Waals surface area contributed by atoms with Gasteiger partial charge in [-0.25, -0.2) is 4.39 Å². The molecule has 1 rings (SSSR count). The number of ketones is 1. The van der Waals surface area contributed by atoms with Gasteiger partial charge in [0.15, 0.2) is 5.78 Å². The van der Waals surface area contributed by atoms with E-state index in [-0.39, 0.29) is 25.8 Å². The average Bonchev–Trinajstić information content (AvgIpc) is 2.21. The third kappa shape index (κ3) is 2.12. The standard InChI is InChI=1S/C9H4BrFINO/c10-3-7(14)6-2-1-5(4-13)9(12)8(6)11/h1-2H,3H2. The second kappa shape index (κ2) is 4.84. The first-order valence-corrected chi connectivity index (χ1v) is 5.79. The topological polar surface area (TPSA) is 40.9 Å². The van der Waals surface area contributed by atoms with Crippen molar-refractivity contribution in [2.45, 2.75) is 0 Å². The van der Waals surface area contributed by atoms with Gasteiger partial charge in [0.2, 0.25) is 0 Å². The van der Waals surface area contributed by atoms with Gasteiger partial charge in [-0.1, -0.05) is 15.9 Å². The SMILES string of the molecule is N#Cc1ccc(C(=O)CBr)c(F)c1I. The zero-order valence-corrected chi connectivity index (χ0v) is 10.6. The number of nitrogens with zero attached hydrogens (tertiary/aromatic N) is 1. The van der Waals surface area contributed by atoms with Crippen LogP contribution in [0.25, 0.3) is 0 Å². The third-order valence-electron chi connectivity index (χ3n) is 1.62. The smallest absolute Gasteiger partial charge is 0.176 e. The molecule has 0 spiro atoms. The van der Waals surface area contributed by atoms with Crippen molar-refractivity contribution >= 4 is 44.3 Å². The molecule has 1 aromatic carbocycles. The Morgan fingerprint density at radius 3 is 2.79 bits per heavy atom. The summed E-state index contributed by atoms with van der Waals surface area (Å²) in [6.45, 7) is 0. The highest BCUT2D eigenvalue weighted by atomic mass is 127. The molecule has 0 bridgehead atoms. The fourth-order valence-corrected chi connectivity index (χ4v) is 1.82. The zero-order valence-electron chi connectivity index (χ0n) is 6.85. The summed E-state index contributed by atoms with van der Waals surface area (Å²) >= 11 is 4.68. The number of hydrogen-bond donors (Lipinski definition) is 0. The number of rotatable bonds is 2. The van der Waals surface area contributed by atoms with E-state index in [0.717, 1.165) is 0 Å². The van der Waals surface area contributed by atoms with E-state index < -0.39 is 5.82 Å². The van der Waals surface area contributed by atoms with Crippen LogP contribution in [-0.4, -0.2) is 11.1 Å². The minimum Gasteiger partial charge on any atom is -0.293 e. The van der Waals surface area contributed by atoms with E-state index >= 15 is 0 Å². The molecule has 0 aliphatic carbocycles. The van der Waals surface area contributed by atoms with E-state index in [1.807, 2.05) is 6.07 Å². The van der Waals surface area contributed by atoms with Crippen LogP contribution < -0.4 is 0 Å². The van der Waals surface area contributed by atoms with Crippen LogP contribution in [0.4, 0.5) is 4.39 Å². The van der Waals surface area contributed by atoms with Gasteiger partial charge >= 0.3 is 0 Å². The Balaban J connectivity index is 3.33. The van der Waals surface area contributed by atoms with Gasteiger partial charge in [0.05, 0.1) is 20.0 Å². The molecule has 72 valence electrons. The minimum absolute atomic E-state index is 0.0188. The summed E-state index contributed by atoms with van der Waals surface area (Å²) in [6.07, 6.45) is 0. The highest BCUT2D eigenvalue weighted by molar-refractivity contribution is 14.1. The number of Topliss-reactive ketones (excluding diaryl/α,β-unsaturated/α-hetero) is 1. The molecule has 1 aromatic rings. The molecule has 14 heavy (non-hydrogen) atoms. The molecular weight excluding hydrogens is 364 g/mol. The van der Waals surface area contributed by atoms with Crippen molar-refractivity contribution < 1.29 is 9.18 Å². The Bertz CT molecular complexity index is 428. The number of alkyl halides is 1. The molecule has 0 saturated heterocycles. The predicted octanol–water partition coefficient (Wildman–Crippen LogP) is 2.88. The van der Waals surface area contributed by atoms with Crippen molar-refractivity contribution in [1.29, 1.82) is 5.26 Å². The summed E-state index contributed by atoms with van der Waals surface area (Å²) in [5, 5.41) is 8.69. The molecular formula is C9H4BrFINO. The third-order valence-corrected chi connectivity index (χ3v) is 3.19. The molecule has 0 N–H and O–H groups in total. The number of halogens is 3. The van der Waals surface area contributed by atoms with Crippen LogP contribution in [-0.2, 0) is 0 Å². The summed E-state index contributed by atoms with van der Waals surface area (Å²) in [7, 11) is 0. The van der Waals surface area contributed by atoms with Crippen LogP contribution in [0.5, 0.6) is 0 Å². The Hall–Kier alpha value is -0.480. The van der Waals surface area contributed by atoms with Gasteiger partial charge < -0.3 is 0 Å². The molecule has 0 radical (unpaired) electrons. The lowest BCUT2D eigenvalue weighted by molar-refractivity contribution is 0.102. The van der Waals surface area contributed by atoms with E-state index in [2.05, 4.69) is 15.9 Å². The van der Waals surface area contributed by atoms with Gasteiger partial charge in [-0.05, 0) is 34.7 Å². The van der Waals surface area contributed by atoms with Crippen molar-refractivity contribution in [1.82, 2.24) is 0 Å². The van der Waals surface area contributed by atoms with Gasteiger partial charge in [0.25, 0.3) is 0 Å². The fraction of sp³-hybridized carbons (Fsp3) is 0.111. The second-order valence-electron chi connectivity index (χ2n) is 2.46. The van der Waals surface area contributed by atoms with Crippen molar-refractivity contribution in [3.05, 3.63) is 32.6 Å². The van der Waals surface area contributed by atoms with Crippen LogP contribution in [0, 0.1) is 20.7 Å². The predicted molar refractivity (Wildman–Crippen MR) is 62.0 cm³/mol. The highest BCUT2D eigenvalue weighted by Crippen LogP contribution is 2.20. The van der Waals surface area contributed by atoms with Crippen LogP contribution in [0.3, 0.4) is 0 Å². The lowest BCUT2D eigenvalue weighted by Gasteiger charge is -2.02. The molecule has 0 aromatic heterocycles. The van der Waals surface area contributed by atoms with Crippen molar-refractivity contribution in [3.63, 3.8) is 0 Å². The summed E-state index contributed by atoms with van der Waals surface area (Å²) in [4.78, 5) is 11.2. The first kappa shape index (κ1) is 11.6. The largest absolute Gasteiger partial charge is 0.293 e.